The number of para-hydroxylation sites is 1. The minimum absolute atomic E-state index is 0.0814. The molecule has 5 nitrogen and oxygen atoms in total. The van der Waals surface area contributed by atoms with Crippen molar-refractivity contribution in [2.24, 2.45) is 0 Å². The van der Waals surface area contributed by atoms with Gasteiger partial charge in [-0.2, -0.15) is 18.3 Å². The standard InChI is InChI=1S/C21H20F4N4O/c1-28(2)18(14-8-4-3-5-9-14)13-26-20(30)15-12-27-29(19(15)21(23,24)25)17-11-7-6-10-16(17)22/h3-12,18H,13H2,1-2H3,(H,26,30). The third kappa shape index (κ3) is 4.51. The van der Waals surface area contributed by atoms with Gasteiger partial charge in [-0.25, -0.2) is 9.07 Å². The Labute approximate surface area is 170 Å². The first-order valence-electron chi connectivity index (χ1n) is 9.10. The molecule has 2 aromatic carbocycles. The van der Waals surface area contributed by atoms with E-state index in [1.54, 1.807) is 14.1 Å². The first-order chi connectivity index (χ1) is 14.2. The second-order valence-corrected chi connectivity index (χ2v) is 6.87. The van der Waals surface area contributed by atoms with Crippen molar-refractivity contribution in [1.29, 1.82) is 0 Å². The second kappa shape index (κ2) is 8.66. The number of amides is 1. The van der Waals surface area contributed by atoms with E-state index < -0.39 is 29.2 Å². The zero-order valence-corrected chi connectivity index (χ0v) is 16.3. The van der Waals surface area contributed by atoms with Crippen LogP contribution in [0, 0.1) is 5.82 Å². The van der Waals surface area contributed by atoms with Gasteiger partial charge in [0.25, 0.3) is 5.91 Å². The molecule has 9 heteroatoms. The van der Waals surface area contributed by atoms with Crippen molar-refractivity contribution in [3.8, 4) is 5.69 Å². The van der Waals surface area contributed by atoms with Gasteiger partial charge in [-0.15, -0.1) is 0 Å². The molecule has 1 aromatic heterocycles. The maximum absolute atomic E-state index is 14.1. The number of benzene rings is 2. The van der Waals surface area contributed by atoms with Gasteiger partial charge >= 0.3 is 6.18 Å². The summed E-state index contributed by atoms with van der Waals surface area (Å²) in [6.07, 6.45) is -4.11. The van der Waals surface area contributed by atoms with Gasteiger partial charge in [0.1, 0.15) is 11.5 Å². The van der Waals surface area contributed by atoms with E-state index in [0.29, 0.717) is 4.68 Å². The number of carbonyl (C=O) groups is 1. The van der Waals surface area contributed by atoms with E-state index in [9.17, 15) is 22.4 Å². The lowest BCUT2D eigenvalue weighted by Gasteiger charge is -2.25. The Balaban J connectivity index is 1.90. The van der Waals surface area contributed by atoms with Crippen LogP contribution in [0.2, 0.25) is 0 Å². The van der Waals surface area contributed by atoms with E-state index in [1.807, 2.05) is 35.2 Å². The molecule has 0 aliphatic carbocycles. The fourth-order valence-electron chi connectivity index (χ4n) is 3.15. The van der Waals surface area contributed by atoms with E-state index in [-0.39, 0.29) is 18.3 Å². The zero-order chi connectivity index (χ0) is 21.9. The molecule has 3 rings (SSSR count). The highest BCUT2D eigenvalue weighted by Gasteiger charge is 2.41. The number of nitrogens with zero attached hydrogens (tertiary/aromatic N) is 3. The van der Waals surface area contributed by atoms with Crippen LogP contribution >= 0.6 is 0 Å². The molecule has 3 aromatic rings. The van der Waals surface area contributed by atoms with Gasteiger partial charge < -0.3 is 10.2 Å². The van der Waals surface area contributed by atoms with Gasteiger partial charge in [0.2, 0.25) is 0 Å². The molecular weight excluding hydrogens is 400 g/mol. The summed E-state index contributed by atoms with van der Waals surface area (Å²) < 4.78 is 55.7. The van der Waals surface area contributed by atoms with E-state index in [0.717, 1.165) is 23.9 Å². The van der Waals surface area contributed by atoms with Crippen molar-refractivity contribution in [3.05, 3.63) is 83.4 Å². The SMILES string of the molecule is CN(C)C(CNC(=O)c1cnn(-c2ccccc2F)c1C(F)(F)F)c1ccccc1. The normalized spacial score (nSPS) is 12.8. The van der Waals surface area contributed by atoms with E-state index in [1.165, 1.54) is 12.1 Å². The fourth-order valence-corrected chi connectivity index (χ4v) is 3.15. The van der Waals surface area contributed by atoms with Gasteiger partial charge in [-0.1, -0.05) is 42.5 Å². The molecule has 1 atom stereocenters. The number of likely N-dealkylation sites (N-methyl/N-ethyl adjacent to an activating group) is 1. The van der Waals surface area contributed by atoms with Crippen molar-refractivity contribution in [1.82, 2.24) is 20.0 Å². The van der Waals surface area contributed by atoms with Gasteiger partial charge in [0.05, 0.1) is 17.8 Å². The van der Waals surface area contributed by atoms with Crippen LogP contribution in [0.5, 0.6) is 0 Å². The number of hydrogen-bond donors (Lipinski definition) is 1. The fraction of sp³-hybridized carbons (Fsp3) is 0.238. The minimum atomic E-state index is -4.91. The highest BCUT2D eigenvalue weighted by Crippen LogP contribution is 2.34. The van der Waals surface area contributed by atoms with Crippen LogP contribution in [0.1, 0.15) is 27.7 Å². The van der Waals surface area contributed by atoms with Crippen LogP contribution in [0.25, 0.3) is 5.69 Å². The molecule has 0 aliphatic heterocycles. The molecule has 1 heterocycles. The quantitative estimate of drug-likeness (QED) is 0.612. The van der Waals surface area contributed by atoms with Gasteiger partial charge in [-0.3, -0.25) is 4.79 Å². The van der Waals surface area contributed by atoms with Crippen LogP contribution in [0.4, 0.5) is 17.6 Å². The number of alkyl halides is 3. The Morgan fingerprint density at radius 1 is 1.10 bits per heavy atom. The zero-order valence-electron chi connectivity index (χ0n) is 16.3. The predicted molar refractivity (Wildman–Crippen MR) is 104 cm³/mol. The largest absolute Gasteiger partial charge is 0.434 e. The molecule has 0 fully saturated rings. The number of rotatable bonds is 6. The Morgan fingerprint density at radius 2 is 1.73 bits per heavy atom. The third-order valence-electron chi connectivity index (χ3n) is 4.63. The Morgan fingerprint density at radius 3 is 2.33 bits per heavy atom. The molecule has 0 radical (unpaired) electrons. The summed E-state index contributed by atoms with van der Waals surface area (Å²) in [5.41, 5.74) is -1.48. The molecule has 0 bridgehead atoms. The maximum Gasteiger partial charge on any atom is 0.434 e. The molecular formula is C21H20F4N4O. The molecule has 0 spiro atoms. The van der Waals surface area contributed by atoms with Crippen LogP contribution < -0.4 is 5.32 Å². The van der Waals surface area contributed by atoms with Crippen LogP contribution in [0.3, 0.4) is 0 Å². The van der Waals surface area contributed by atoms with Crippen molar-refractivity contribution in [2.45, 2.75) is 12.2 Å². The summed E-state index contributed by atoms with van der Waals surface area (Å²) in [6, 6.07) is 14.0. The number of hydrogen-bond acceptors (Lipinski definition) is 3. The first-order valence-corrected chi connectivity index (χ1v) is 9.10. The highest BCUT2D eigenvalue weighted by atomic mass is 19.4. The lowest BCUT2D eigenvalue weighted by atomic mass is 10.1. The van der Waals surface area contributed by atoms with Crippen molar-refractivity contribution >= 4 is 5.91 Å². The molecule has 0 aliphatic rings. The van der Waals surface area contributed by atoms with Gasteiger partial charge in [-0.05, 0) is 31.8 Å². The molecule has 1 amide bonds. The average Bonchev–Trinajstić information content (AvgIpc) is 3.14. The molecule has 30 heavy (non-hydrogen) atoms. The average molecular weight is 420 g/mol. The Kier molecular flexibility index (Phi) is 6.21. The summed E-state index contributed by atoms with van der Waals surface area (Å²) in [4.78, 5) is 14.5. The minimum Gasteiger partial charge on any atom is -0.350 e. The summed E-state index contributed by atoms with van der Waals surface area (Å²) in [5, 5.41) is 6.18. The molecule has 158 valence electrons. The van der Waals surface area contributed by atoms with E-state index >= 15 is 0 Å². The molecule has 1 N–H and O–H groups in total. The highest BCUT2D eigenvalue weighted by molar-refractivity contribution is 5.95. The van der Waals surface area contributed by atoms with Crippen LogP contribution in [-0.4, -0.2) is 41.2 Å². The first kappa shape index (κ1) is 21.5. The number of aromatic nitrogens is 2. The summed E-state index contributed by atoms with van der Waals surface area (Å²) in [6.45, 7) is 0.0814. The number of carbonyl (C=O) groups excluding carboxylic acids is 1. The summed E-state index contributed by atoms with van der Waals surface area (Å²) in [7, 11) is 3.61. The lowest BCUT2D eigenvalue weighted by molar-refractivity contribution is -0.143. The second-order valence-electron chi connectivity index (χ2n) is 6.87. The Hall–Kier alpha value is -3.20. The van der Waals surface area contributed by atoms with Gasteiger partial charge in [0.15, 0.2) is 5.69 Å². The lowest BCUT2D eigenvalue weighted by Crippen LogP contribution is -2.35. The number of halogens is 4. The van der Waals surface area contributed by atoms with Crippen LogP contribution in [-0.2, 0) is 6.18 Å². The molecule has 0 saturated heterocycles. The van der Waals surface area contributed by atoms with E-state index in [4.69, 9.17) is 0 Å². The van der Waals surface area contributed by atoms with Crippen molar-refractivity contribution in [3.63, 3.8) is 0 Å². The maximum atomic E-state index is 14.1. The summed E-state index contributed by atoms with van der Waals surface area (Å²) >= 11 is 0. The van der Waals surface area contributed by atoms with Gasteiger partial charge in [0, 0.05) is 6.54 Å². The topological polar surface area (TPSA) is 50.2 Å². The third-order valence-corrected chi connectivity index (χ3v) is 4.63. The number of nitrogens with one attached hydrogen (secondary N) is 1. The summed E-state index contributed by atoms with van der Waals surface area (Å²) in [5.74, 6) is -1.82. The Bertz CT molecular complexity index is 1020. The van der Waals surface area contributed by atoms with Crippen molar-refractivity contribution < 1.29 is 22.4 Å². The predicted octanol–water partition coefficient (Wildman–Crippen LogP) is 4.06. The van der Waals surface area contributed by atoms with Crippen LogP contribution in [0.15, 0.2) is 60.8 Å². The molecule has 1 unspecified atom stereocenters. The smallest absolute Gasteiger partial charge is 0.350 e. The monoisotopic (exact) mass is 420 g/mol. The molecule has 0 saturated carbocycles. The van der Waals surface area contributed by atoms with E-state index in [2.05, 4.69) is 10.4 Å². The van der Waals surface area contributed by atoms with Crippen molar-refractivity contribution in [2.75, 3.05) is 20.6 Å².